The van der Waals surface area contributed by atoms with Gasteiger partial charge in [0.2, 0.25) is 0 Å². The summed E-state index contributed by atoms with van der Waals surface area (Å²) < 4.78 is 112. The molecule has 132 valence electrons. The fourth-order valence-corrected chi connectivity index (χ4v) is 3.60. The van der Waals surface area contributed by atoms with Gasteiger partial charge in [-0.25, -0.2) is 0 Å². The normalized spacial score (nSPS) is 12.7. The van der Waals surface area contributed by atoms with Gasteiger partial charge in [0.05, 0.1) is 0 Å². The molecule has 1 aromatic rings. The first-order chi connectivity index (χ1) is 10.0. The predicted octanol–water partition coefficient (Wildman–Crippen LogP) is -0.937. The summed E-state index contributed by atoms with van der Waals surface area (Å²) in [5, 5.41) is 0. The molecule has 0 aliphatic heterocycles. The smallest absolute Gasteiger partial charge is 0.445 e. The Hall–Kier alpha value is 0.271. The first kappa shape index (κ1) is 24.3. The van der Waals surface area contributed by atoms with E-state index in [1.165, 1.54) is 0 Å². The molecule has 0 aliphatic carbocycles. The van der Waals surface area contributed by atoms with E-state index in [1.54, 1.807) is 0 Å². The maximum Gasteiger partial charge on any atom is 1.00 e. The molecule has 0 N–H and O–H groups in total. The van der Waals surface area contributed by atoms with Crippen LogP contribution in [0.25, 0.3) is 0 Å². The number of hydrogen-bond donors (Lipinski definition) is 0. The van der Waals surface area contributed by atoms with Gasteiger partial charge in [-0.15, -0.1) is 3.89 Å². The van der Waals surface area contributed by atoms with Crippen LogP contribution >= 0.6 is 0 Å². The Morgan fingerprint density at radius 1 is 0.917 bits per heavy atom. The van der Waals surface area contributed by atoms with Crippen LogP contribution < -0.4 is 61.0 Å². The summed E-state index contributed by atoms with van der Waals surface area (Å²) in [5.41, 5.74) is -3.71. The second kappa shape index (κ2) is 7.88. The molecule has 0 spiro atoms. The van der Waals surface area contributed by atoms with E-state index >= 15 is 0 Å². The minimum Gasteiger partial charge on any atom is -0.445 e. The van der Waals surface area contributed by atoms with Crippen LogP contribution in [0.4, 0.5) is 20.7 Å². The standard InChI is InChI=1S/C10H11BF5O5S2.K/c1-5-8(4-22(15,17)18)6(2)10(21-23(16,19)20)7(3)9(5)11(12,13)14;/h4H2,1-3H3;/q-1;+1. The van der Waals surface area contributed by atoms with Crippen molar-refractivity contribution < 1.29 is 93.1 Å². The van der Waals surface area contributed by atoms with Crippen molar-refractivity contribution >= 4 is 33.2 Å². The molecule has 1 rings (SSSR count). The van der Waals surface area contributed by atoms with Crippen molar-refractivity contribution in [1.29, 1.82) is 0 Å². The summed E-state index contributed by atoms with van der Waals surface area (Å²) in [6, 6.07) is 0. The van der Waals surface area contributed by atoms with Crippen LogP contribution in [0.5, 0.6) is 5.75 Å². The zero-order valence-corrected chi connectivity index (χ0v) is 17.8. The van der Waals surface area contributed by atoms with Crippen molar-refractivity contribution in [1.82, 2.24) is 0 Å². The molecule has 5 nitrogen and oxygen atoms in total. The Morgan fingerprint density at radius 3 is 1.71 bits per heavy atom. The quantitative estimate of drug-likeness (QED) is 0.349. The van der Waals surface area contributed by atoms with Gasteiger partial charge in [0.15, 0.2) is 0 Å². The van der Waals surface area contributed by atoms with Crippen LogP contribution in [0.2, 0.25) is 0 Å². The van der Waals surface area contributed by atoms with E-state index in [4.69, 9.17) is 0 Å². The third-order valence-electron chi connectivity index (χ3n) is 3.22. The predicted molar refractivity (Wildman–Crippen MR) is 73.8 cm³/mol. The van der Waals surface area contributed by atoms with Crippen molar-refractivity contribution in [2.24, 2.45) is 0 Å². The average Bonchev–Trinajstić information content (AvgIpc) is 2.26. The van der Waals surface area contributed by atoms with Crippen LogP contribution in [0.15, 0.2) is 0 Å². The van der Waals surface area contributed by atoms with Gasteiger partial charge in [0, 0.05) is 0 Å². The first-order valence-corrected chi connectivity index (χ1v) is 8.79. The summed E-state index contributed by atoms with van der Waals surface area (Å²) >= 11 is 0. The fourth-order valence-electron chi connectivity index (χ4n) is 2.37. The second-order valence-electron chi connectivity index (χ2n) is 4.83. The molecule has 14 heteroatoms. The maximum absolute atomic E-state index is 13.2. The number of benzene rings is 1. The molecule has 0 bridgehead atoms. The SMILES string of the molecule is Cc1c(CS(=O)(=O)F)c(C)c([B-](F)(F)F)c(C)c1OS(=O)(=O)F.[K+]. The van der Waals surface area contributed by atoms with Crippen molar-refractivity contribution in [3.8, 4) is 5.75 Å². The van der Waals surface area contributed by atoms with E-state index in [0.29, 0.717) is 0 Å². The third-order valence-corrected chi connectivity index (χ3v) is 4.22. The van der Waals surface area contributed by atoms with Crippen molar-refractivity contribution in [3.05, 3.63) is 22.3 Å². The van der Waals surface area contributed by atoms with E-state index in [9.17, 15) is 37.6 Å². The van der Waals surface area contributed by atoms with Gasteiger partial charge < -0.3 is 17.1 Å². The Labute approximate surface area is 179 Å². The summed E-state index contributed by atoms with van der Waals surface area (Å²) in [5.74, 6) is -2.43. The van der Waals surface area contributed by atoms with Crippen LogP contribution in [-0.4, -0.2) is 23.8 Å². The average molecular weight is 420 g/mol. The maximum atomic E-state index is 13.2. The second-order valence-corrected chi connectivity index (χ2v) is 7.15. The molecule has 0 heterocycles. The van der Waals surface area contributed by atoms with Gasteiger partial charge >= 0.3 is 79.1 Å². The van der Waals surface area contributed by atoms with Crippen LogP contribution in [-0.2, 0) is 26.5 Å². The summed E-state index contributed by atoms with van der Waals surface area (Å²) in [6.45, 7) is -2.95. The molecular weight excluding hydrogens is 409 g/mol. The summed E-state index contributed by atoms with van der Waals surface area (Å²) in [6.07, 6.45) is 0. The number of rotatable bonds is 5. The molecule has 0 aliphatic rings. The van der Waals surface area contributed by atoms with E-state index < -0.39 is 66.9 Å². The third kappa shape index (κ3) is 6.21. The van der Waals surface area contributed by atoms with Gasteiger partial charge in [0.25, 0.3) is 0 Å². The zero-order valence-electron chi connectivity index (χ0n) is 13.0. The Balaban J connectivity index is 0.00000529. The van der Waals surface area contributed by atoms with Gasteiger partial charge in [-0.1, -0.05) is 14.9 Å². The Bertz CT molecular complexity index is 790. The molecule has 0 amide bonds. The monoisotopic (exact) mass is 420 g/mol. The Kier molecular flexibility index (Phi) is 7.97. The van der Waals surface area contributed by atoms with Crippen molar-refractivity contribution in [2.75, 3.05) is 0 Å². The molecule has 0 saturated carbocycles. The van der Waals surface area contributed by atoms with E-state index in [1.807, 2.05) is 0 Å². The largest absolute Gasteiger partial charge is 1.00 e. The van der Waals surface area contributed by atoms with Crippen LogP contribution in [0, 0.1) is 20.8 Å². The fraction of sp³-hybridized carbons (Fsp3) is 0.400. The topological polar surface area (TPSA) is 77.5 Å². The number of halogens is 5. The van der Waals surface area contributed by atoms with E-state index in [2.05, 4.69) is 4.18 Å². The molecule has 24 heavy (non-hydrogen) atoms. The molecule has 0 saturated heterocycles. The zero-order chi connectivity index (χ0) is 18.4. The van der Waals surface area contributed by atoms with Gasteiger partial charge in [0.1, 0.15) is 11.5 Å². The minimum atomic E-state index is -5.72. The van der Waals surface area contributed by atoms with Gasteiger partial charge in [-0.05, 0) is 37.5 Å². The number of hydrogen-bond acceptors (Lipinski definition) is 5. The summed E-state index contributed by atoms with van der Waals surface area (Å²) in [4.78, 5) is 0. The van der Waals surface area contributed by atoms with Crippen LogP contribution in [0.3, 0.4) is 0 Å². The molecule has 0 fully saturated rings. The molecule has 0 radical (unpaired) electrons. The molecule has 1 aromatic carbocycles. The van der Waals surface area contributed by atoms with E-state index in [-0.39, 0.29) is 51.4 Å². The first-order valence-electron chi connectivity index (χ1n) is 5.93. The Morgan fingerprint density at radius 2 is 1.38 bits per heavy atom. The molecule has 0 aromatic heterocycles. The van der Waals surface area contributed by atoms with Gasteiger partial charge in [-0.2, -0.15) is 16.8 Å². The molecule has 0 unspecified atom stereocenters. The minimum absolute atomic E-state index is 0. The van der Waals surface area contributed by atoms with Crippen molar-refractivity contribution in [2.45, 2.75) is 26.5 Å². The van der Waals surface area contributed by atoms with Crippen LogP contribution in [0.1, 0.15) is 22.3 Å². The van der Waals surface area contributed by atoms with Gasteiger partial charge in [-0.3, -0.25) is 0 Å². The van der Waals surface area contributed by atoms with Crippen molar-refractivity contribution in [3.63, 3.8) is 0 Å². The summed E-state index contributed by atoms with van der Waals surface area (Å²) in [7, 11) is -10.9. The molecule has 0 atom stereocenters. The van der Waals surface area contributed by atoms with E-state index in [0.717, 1.165) is 20.8 Å². The molecular formula is C10H11BF5KO5S2.